The second kappa shape index (κ2) is 18.5. The van der Waals surface area contributed by atoms with Gasteiger partial charge >= 0.3 is 0 Å². The monoisotopic (exact) mass is 419 g/mol. The number of rotatable bonds is 17. The summed E-state index contributed by atoms with van der Waals surface area (Å²) in [7, 11) is 1.65. The molecule has 0 aromatic carbocycles. The number of ether oxygens (including phenoxy) is 6. The van der Waals surface area contributed by atoms with Gasteiger partial charge in [-0.3, -0.25) is 0 Å². The smallest absolute Gasteiger partial charge is 0.0704 e. The molecule has 0 aliphatic rings. The standard InChI is InChI=1S/C14H28IO6/c1-14(13-15)21-12-11-20-10-9-19-8-7-18-6-5-17-4-3-16-2/h14H,1,3-13H2,2H3. The number of halogens is 1. The molecule has 0 rings (SSSR count). The van der Waals surface area contributed by atoms with Gasteiger partial charge in [-0.2, -0.15) is 0 Å². The summed E-state index contributed by atoms with van der Waals surface area (Å²) in [6, 6.07) is 0. The molecule has 1 unspecified atom stereocenters. The van der Waals surface area contributed by atoms with E-state index in [1.165, 1.54) is 0 Å². The molecule has 127 valence electrons. The first kappa shape index (κ1) is 21.5. The molecule has 0 saturated carbocycles. The predicted octanol–water partition coefficient (Wildman–Crippen LogP) is 1.35. The van der Waals surface area contributed by atoms with Gasteiger partial charge in [0, 0.05) is 11.5 Å². The molecule has 6 nitrogen and oxygen atoms in total. The molecule has 1 radical (unpaired) electrons. The van der Waals surface area contributed by atoms with Crippen LogP contribution in [-0.2, 0) is 28.4 Å². The van der Waals surface area contributed by atoms with E-state index in [4.69, 9.17) is 28.4 Å². The van der Waals surface area contributed by atoms with Crippen molar-refractivity contribution in [3.05, 3.63) is 6.92 Å². The van der Waals surface area contributed by atoms with Gasteiger partial charge < -0.3 is 28.4 Å². The molecule has 0 bridgehead atoms. The van der Waals surface area contributed by atoms with Crippen LogP contribution in [-0.4, -0.2) is 83.7 Å². The molecular formula is C14H28IO6. The summed E-state index contributed by atoms with van der Waals surface area (Å²) in [5, 5.41) is 0. The van der Waals surface area contributed by atoms with Crippen LogP contribution in [0.2, 0.25) is 0 Å². The molecule has 0 heterocycles. The van der Waals surface area contributed by atoms with Crippen molar-refractivity contribution in [1.29, 1.82) is 0 Å². The highest BCUT2D eigenvalue weighted by Gasteiger charge is 1.98. The second-order valence-corrected chi connectivity index (χ2v) is 4.97. The number of hydrogen-bond acceptors (Lipinski definition) is 6. The summed E-state index contributed by atoms with van der Waals surface area (Å²) in [4.78, 5) is 0. The minimum Gasteiger partial charge on any atom is -0.382 e. The first-order valence-electron chi connectivity index (χ1n) is 7.11. The molecule has 0 aliphatic heterocycles. The molecule has 0 aromatic heterocycles. The van der Waals surface area contributed by atoms with E-state index in [-0.39, 0.29) is 6.10 Å². The Morgan fingerprint density at radius 1 is 0.714 bits per heavy atom. The second-order valence-electron chi connectivity index (χ2n) is 4.09. The zero-order valence-electron chi connectivity index (χ0n) is 12.9. The molecule has 1 atom stereocenters. The van der Waals surface area contributed by atoms with E-state index in [0.717, 1.165) is 4.43 Å². The molecule has 0 aromatic rings. The van der Waals surface area contributed by atoms with Crippen molar-refractivity contribution in [3.63, 3.8) is 0 Å². The largest absolute Gasteiger partial charge is 0.382 e. The van der Waals surface area contributed by atoms with Crippen molar-refractivity contribution in [2.45, 2.75) is 6.10 Å². The Bertz CT molecular complexity index is 196. The minimum atomic E-state index is 0.0427. The van der Waals surface area contributed by atoms with E-state index in [2.05, 4.69) is 29.5 Å². The highest BCUT2D eigenvalue weighted by atomic mass is 127. The summed E-state index contributed by atoms with van der Waals surface area (Å²) in [6.45, 7) is 9.59. The molecule has 0 saturated heterocycles. The van der Waals surface area contributed by atoms with Crippen LogP contribution in [0.3, 0.4) is 0 Å². The Morgan fingerprint density at radius 3 is 1.48 bits per heavy atom. The van der Waals surface area contributed by atoms with Gasteiger partial charge in [0.25, 0.3) is 0 Å². The van der Waals surface area contributed by atoms with E-state index in [1.807, 2.05) is 0 Å². The van der Waals surface area contributed by atoms with Crippen molar-refractivity contribution in [1.82, 2.24) is 0 Å². The van der Waals surface area contributed by atoms with Gasteiger partial charge in [-0.05, 0) is 6.92 Å². The molecule has 0 spiro atoms. The van der Waals surface area contributed by atoms with Crippen molar-refractivity contribution < 1.29 is 28.4 Å². The Hall–Kier alpha value is 0.490. The number of methoxy groups -OCH3 is 1. The Morgan fingerprint density at radius 2 is 1.10 bits per heavy atom. The molecule has 0 aliphatic carbocycles. The third-order valence-corrected chi connectivity index (χ3v) is 3.28. The molecule has 7 heteroatoms. The maximum atomic E-state index is 5.37. The lowest BCUT2D eigenvalue weighted by Gasteiger charge is -2.10. The van der Waals surface area contributed by atoms with Crippen LogP contribution in [0, 0.1) is 6.92 Å². The van der Waals surface area contributed by atoms with Crippen LogP contribution in [0.1, 0.15) is 0 Å². The van der Waals surface area contributed by atoms with Gasteiger partial charge in [0.15, 0.2) is 0 Å². The lowest BCUT2D eigenvalue weighted by atomic mass is 10.5. The minimum absolute atomic E-state index is 0.0427. The number of alkyl halides is 1. The summed E-state index contributed by atoms with van der Waals surface area (Å²) in [5.74, 6) is 0. The highest BCUT2D eigenvalue weighted by Crippen LogP contribution is 1.95. The predicted molar refractivity (Wildman–Crippen MR) is 89.1 cm³/mol. The normalized spacial score (nSPS) is 12.7. The fraction of sp³-hybridized carbons (Fsp3) is 0.929. The van der Waals surface area contributed by atoms with Crippen molar-refractivity contribution in [3.8, 4) is 0 Å². The highest BCUT2D eigenvalue weighted by molar-refractivity contribution is 14.1. The Labute approximate surface area is 141 Å². The first-order chi connectivity index (χ1) is 10.3. The van der Waals surface area contributed by atoms with Crippen molar-refractivity contribution in [2.75, 3.05) is 77.6 Å². The quantitative estimate of drug-likeness (QED) is 0.202. The van der Waals surface area contributed by atoms with E-state index in [0.29, 0.717) is 66.1 Å². The van der Waals surface area contributed by atoms with Gasteiger partial charge in [-0.15, -0.1) is 0 Å². The Balaban J connectivity index is 2.96. The van der Waals surface area contributed by atoms with Crippen LogP contribution < -0.4 is 0 Å². The van der Waals surface area contributed by atoms with Crippen LogP contribution in [0.4, 0.5) is 0 Å². The first-order valence-corrected chi connectivity index (χ1v) is 8.64. The number of hydrogen-bond donors (Lipinski definition) is 0. The van der Waals surface area contributed by atoms with Crippen LogP contribution in [0.15, 0.2) is 0 Å². The van der Waals surface area contributed by atoms with E-state index < -0.39 is 0 Å². The SMILES string of the molecule is [CH2]C(CI)OCCOCCOCCOCCOCCOC. The maximum Gasteiger partial charge on any atom is 0.0704 e. The van der Waals surface area contributed by atoms with E-state index >= 15 is 0 Å². The Kier molecular flexibility index (Phi) is 19.0. The van der Waals surface area contributed by atoms with Gasteiger partial charge in [-0.1, -0.05) is 22.6 Å². The van der Waals surface area contributed by atoms with Gasteiger partial charge in [0.05, 0.1) is 72.2 Å². The van der Waals surface area contributed by atoms with Gasteiger partial charge in [0.2, 0.25) is 0 Å². The topological polar surface area (TPSA) is 55.4 Å². The average molecular weight is 419 g/mol. The summed E-state index contributed by atoms with van der Waals surface area (Å²) in [6.07, 6.45) is 0.0427. The van der Waals surface area contributed by atoms with Gasteiger partial charge in [-0.25, -0.2) is 0 Å². The lowest BCUT2D eigenvalue weighted by molar-refractivity contribution is -0.0173. The summed E-state index contributed by atoms with van der Waals surface area (Å²) >= 11 is 2.24. The summed E-state index contributed by atoms with van der Waals surface area (Å²) in [5.41, 5.74) is 0. The van der Waals surface area contributed by atoms with Crippen molar-refractivity contribution in [2.24, 2.45) is 0 Å². The third kappa shape index (κ3) is 18.4. The molecule has 0 fully saturated rings. The lowest BCUT2D eigenvalue weighted by Crippen LogP contribution is -2.16. The molecule has 21 heavy (non-hydrogen) atoms. The van der Waals surface area contributed by atoms with Crippen molar-refractivity contribution >= 4 is 22.6 Å². The molecule has 0 amide bonds. The fourth-order valence-corrected chi connectivity index (χ4v) is 1.48. The third-order valence-electron chi connectivity index (χ3n) is 2.30. The van der Waals surface area contributed by atoms with Crippen LogP contribution >= 0.6 is 22.6 Å². The van der Waals surface area contributed by atoms with E-state index in [9.17, 15) is 0 Å². The van der Waals surface area contributed by atoms with Crippen LogP contribution in [0.5, 0.6) is 0 Å². The van der Waals surface area contributed by atoms with Crippen LogP contribution in [0.25, 0.3) is 0 Å². The zero-order valence-corrected chi connectivity index (χ0v) is 15.0. The fourth-order valence-electron chi connectivity index (χ4n) is 1.22. The maximum absolute atomic E-state index is 5.37. The van der Waals surface area contributed by atoms with E-state index in [1.54, 1.807) is 7.11 Å². The molecule has 0 N–H and O–H groups in total. The zero-order chi connectivity index (χ0) is 15.6. The molecular weight excluding hydrogens is 391 g/mol. The van der Waals surface area contributed by atoms with Gasteiger partial charge in [0.1, 0.15) is 0 Å². The average Bonchev–Trinajstić information content (AvgIpc) is 2.50. The summed E-state index contributed by atoms with van der Waals surface area (Å²) < 4.78 is 32.4.